The Morgan fingerprint density at radius 2 is 1.47 bits per heavy atom. The molecule has 6 heteroatoms. The van der Waals surface area contributed by atoms with Crippen molar-refractivity contribution in [2.75, 3.05) is 32.0 Å². The Hall–Kier alpha value is -3.93. The average Bonchev–Trinajstić information content (AvgIpc) is 3.05. The fourth-order valence-corrected chi connectivity index (χ4v) is 5.04. The maximum absolute atomic E-state index is 13.7. The van der Waals surface area contributed by atoms with E-state index in [0.717, 1.165) is 34.6 Å². The van der Waals surface area contributed by atoms with Gasteiger partial charge < -0.3 is 24.8 Å². The highest BCUT2D eigenvalue weighted by Crippen LogP contribution is 2.49. The number of benzene rings is 3. The SMILES string of the molecule is COc1ccc(C2Nc3ccccc3NC3=C2C(=O)CC(c2ccccc2)C3)c(OC)c1OC. The van der Waals surface area contributed by atoms with Gasteiger partial charge in [-0.3, -0.25) is 4.79 Å². The van der Waals surface area contributed by atoms with Crippen LogP contribution in [0.5, 0.6) is 17.2 Å². The molecule has 3 aromatic rings. The summed E-state index contributed by atoms with van der Waals surface area (Å²) in [6.45, 7) is 0. The number of nitrogens with one attached hydrogen (secondary N) is 2. The van der Waals surface area contributed by atoms with Crippen LogP contribution in [0.1, 0.15) is 35.9 Å². The average molecular weight is 457 g/mol. The van der Waals surface area contributed by atoms with Crippen molar-refractivity contribution < 1.29 is 19.0 Å². The van der Waals surface area contributed by atoms with Crippen molar-refractivity contribution in [1.82, 2.24) is 0 Å². The van der Waals surface area contributed by atoms with Crippen molar-refractivity contribution in [3.63, 3.8) is 0 Å². The van der Waals surface area contributed by atoms with Crippen molar-refractivity contribution in [2.24, 2.45) is 0 Å². The third kappa shape index (κ3) is 3.75. The molecule has 2 N–H and O–H groups in total. The number of allylic oxidation sites excluding steroid dienone is 1. The van der Waals surface area contributed by atoms with E-state index in [9.17, 15) is 4.79 Å². The van der Waals surface area contributed by atoms with Gasteiger partial charge in [-0.15, -0.1) is 0 Å². The molecule has 34 heavy (non-hydrogen) atoms. The van der Waals surface area contributed by atoms with Gasteiger partial charge in [0.15, 0.2) is 17.3 Å². The van der Waals surface area contributed by atoms with Crippen LogP contribution in [0.15, 0.2) is 78.0 Å². The normalized spacial score (nSPS) is 19.2. The van der Waals surface area contributed by atoms with E-state index in [1.54, 1.807) is 21.3 Å². The van der Waals surface area contributed by atoms with Gasteiger partial charge in [0.2, 0.25) is 5.75 Å². The summed E-state index contributed by atoms with van der Waals surface area (Å²) in [4.78, 5) is 13.7. The lowest BCUT2D eigenvalue weighted by Gasteiger charge is -2.30. The molecule has 2 atom stereocenters. The number of ether oxygens (including phenoxy) is 3. The van der Waals surface area contributed by atoms with Gasteiger partial charge in [0.05, 0.1) is 38.7 Å². The first kappa shape index (κ1) is 21.9. The summed E-state index contributed by atoms with van der Waals surface area (Å²) in [6, 6.07) is 21.6. The molecule has 1 aliphatic heterocycles. The van der Waals surface area contributed by atoms with Crippen molar-refractivity contribution >= 4 is 17.2 Å². The van der Waals surface area contributed by atoms with Crippen molar-refractivity contribution in [2.45, 2.75) is 24.8 Å². The highest BCUT2D eigenvalue weighted by molar-refractivity contribution is 6.01. The van der Waals surface area contributed by atoms with E-state index in [1.807, 2.05) is 54.6 Å². The molecule has 0 fully saturated rings. The number of Topliss-reactive ketones (excluding diaryl/α,β-unsaturated/α-hetero) is 1. The minimum Gasteiger partial charge on any atom is -0.493 e. The number of rotatable bonds is 5. The number of para-hydroxylation sites is 2. The van der Waals surface area contributed by atoms with Crippen LogP contribution in [0.4, 0.5) is 11.4 Å². The quantitative estimate of drug-likeness (QED) is 0.514. The molecule has 3 aromatic carbocycles. The summed E-state index contributed by atoms with van der Waals surface area (Å²) < 4.78 is 16.9. The summed E-state index contributed by atoms with van der Waals surface area (Å²) in [5.74, 6) is 1.86. The van der Waals surface area contributed by atoms with Crippen LogP contribution in [0.25, 0.3) is 0 Å². The third-order valence-electron chi connectivity index (χ3n) is 6.63. The standard InChI is InChI=1S/C28H28N2O4/c1-32-24-14-13-19(27(33-2)28(24)34-3)26-25-22(29-20-11-7-8-12-21(20)30-26)15-18(16-23(25)31)17-9-5-4-6-10-17/h4-14,18,26,29-30H,15-16H2,1-3H3. The van der Waals surface area contributed by atoms with Gasteiger partial charge in [0, 0.05) is 23.3 Å². The van der Waals surface area contributed by atoms with Crippen LogP contribution >= 0.6 is 0 Å². The lowest BCUT2D eigenvalue weighted by Crippen LogP contribution is -2.27. The number of ketones is 1. The van der Waals surface area contributed by atoms with E-state index in [2.05, 4.69) is 22.8 Å². The fourth-order valence-electron chi connectivity index (χ4n) is 5.04. The van der Waals surface area contributed by atoms with Crippen molar-refractivity contribution in [1.29, 1.82) is 0 Å². The lowest BCUT2D eigenvalue weighted by molar-refractivity contribution is -0.116. The van der Waals surface area contributed by atoms with Crippen molar-refractivity contribution in [3.8, 4) is 17.2 Å². The smallest absolute Gasteiger partial charge is 0.203 e. The molecule has 2 unspecified atom stereocenters. The van der Waals surface area contributed by atoms with Crippen LogP contribution < -0.4 is 24.8 Å². The van der Waals surface area contributed by atoms with Crippen LogP contribution in [-0.4, -0.2) is 27.1 Å². The predicted octanol–water partition coefficient (Wildman–Crippen LogP) is 5.69. The predicted molar refractivity (Wildman–Crippen MR) is 133 cm³/mol. The molecule has 5 rings (SSSR count). The second kappa shape index (κ2) is 9.14. The third-order valence-corrected chi connectivity index (χ3v) is 6.63. The molecule has 0 saturated carbocycles. The Morgan fingerprint density at radius 1 is 0.765 bits per heavy atom. The van der Waals surface area contributed by atoms with E-state index in [1.165, 1.54) is 5.56 Å². The van der Waals surface area contributed by atoms with Gasteiger partial charge in [-0.25, -0.2) is 0 Å². The molecule has 6 nitrogen and oxygen atoms in total. The zero-order valence-electron chi connectivity index (χ0n) is 19.6. The fraction of sp³-hybridized carbons (Fsp3) is 0.250. The van der Waals surface area contributed by atoms with Crippen LogP contribution in [0, 0.1) is 0 Å². The molecule has 0 spiro atoms. The molecule has 0 aromatic heterocycles. The van der Waals surface area contributed by atoms with Crippen molar-refractivity contribution in [3.05, 3.63) is 89.1 Å². The Morgan fingerprint density at radius 3 is 2.18 bits per heavy atom. The van der Waals surface area contributed by atoms with Gasteiger partial charge in [0.1, 0.15) is 0 Å². The summed E-state index contributed by atoms with van der Waals surface area (Å²) >= 11 is 0. The Kier molecular flexibility index (Phi) is 5.88. The molecule has 1 aliphatic carbocycles. The van der Waals surface area contributed by atoms with E-state index in [0.29, 0.717) is 23.7 Å². The number of hydrogen-bond acceptors (Lipinski definition) is 6. The Labute approximate surface area is 199 Å². The molecule has 1 heterocycles. The van der Waals surface area contributed by atoms with E-state index < -0.39 is 6.04 Å². The molecule has 0 radical (unpaired) electrons. The molecule has 2 aliphatic rings. The van der Waals surface area contributed by atoms with E-state index in [4.69, 9.17) is 14.2 Å². The molecular formula is C28H28N2O4. The molecule has 0 bridgehead atoms. The van der Waals surface area contributed by atoms with Crippen LogP contribution in [0.2, 0.25) is 0 Å². The number of methoxy groups -OCH3 is 3. The van der Waals surface area contributed by atoms with Gasteiger partial charge in [-0.05, 0) is 42.2 Å². The zero-order chi connectivity index (χ0) is 23.7. The summed E-state index contributed by atoms with van der Waals surface area (Å²) in [6.07, 6.45) is 1.20. The minimum atomic E-state index is -0.412. The first-order valence-electron chi connectivity index (χ1n) is 11.4. The lowest BCUT2D eigenvalue weighted by atomic mass is 9.78. The molecule has 174 valence electrons. The number of carbonyl (C=O) groups is 1. The van der Waals surface area contributed by atoms with Gasteiger partial charge in [-0.2, -0.15) is 0 Å². The summed E-state index contributed by atoms with van der Waals surface area (Å²) in [5.41, 5.74) is 5.52. The van der Waals surface area contributed by atoms with E-state index in [-0.39, 0.29) is 11.7 Å². The van der Waals surface area contributed by atoms with Gasteiger partial charge in [-0.1, -0.05) is 42.5 Å². The zero-order valence-corrected chi connectivity index (χ0v) is 19.6. The highest BCUT2D eigenvalue weighted by atomic mass is 16.5. The number of anilines is 2. The van der Waals surface area contributed by atoms with Gasteiger partial charge in [0.25, 0.3) is 0 Å². The Bertz CT molecular complexity index is 1250. The number of carbonyl (C=O) groups excluding carboxylic acids is 1. The Balaban J connectivity index is 1.67. The largest absolute Gasteiger partial charge is 0.493 e. The first-order valence-corrected chi connectivity index (χ1v) is 11.4. The second-order valence-corrected chi connectivity index (χ2v) is 8.50. The molecule has 0 saturated heterocycles. The summed E-state index contributed by atoms with van der Waals surface area (Å²) in [5, 5.41) is 7.19. The molecular weight excluding hydrogens is 428 g/mol. The second-order valence-electron chi connectivity index (χ2n) is 8.50. The summed E-state index contributed by atoms with van der Waals surface area (Å²) in [7, 11) is 4.78. The topological polar surface area (TPSA) is 68.8 Å². The monoisotopic (exact) mass is 456 g/mol. The van der Waals surface area contributed by atoms with E-state index >= 15 is 0 Å². The van der Waals surface area contributed by atoms with Crippen LogP contribution in [0.3, 0.4) is 0 Å². The number of hydrogen-bond donors (Lipinski definition) is 2. The molecule has 0 amide bonds. The van der Waals surface area contributed by atoms with Crippen LogP contribution in [-0.2, 0) is 4.79 Å². The maximum atomic E-state index is 13.7. The van der Waals surface area contributed by atoms with Gasteiger partial charge >= 0.3 is 0 Å². The first-order chi connectivity index (χ1) is 16.6. The highest BCUT2D eigenvalue weighted by Gasteiger charge is 2.37. The number of fused-ring (bicyclic) bond motifs is 1. The minimum absolute atomic E-state index is 0.116. The maximum Gasteiger partial charge on any atom is 0.203 e.